The van der Waals surface area contributed by atoms with Crippen LogP contribution in [-0.4, -0.2) is 29.2 Å². The van der Waals surface area contributed by atoms with Gasteiger partial charge in [-0.1, -0.05) is 54.6 Å². The molecule has 0 bridgehead atoms. The molecule has 9 heteroatoms. The van der Waals surface area contributed by atoms with Gasteiger partial charge in [-0.3, -0.25) is 4.79 Å². The number of carboxylic acid groups (broad SMARTS) is 1. The first-order valence-electron chi connectivity index (χ1n) is 9.12. The first-order valence-corrected chi connectivity index (χ1v) is 9.12. The topological polar surface area (TPSA) is 92.4 Å². The van der Waals surface area contributed by atoms with Crippen LogP contribution < -0.4 is 11.1 Å². The summed E-state index contributed by atoms with van der Waals surface area (Å²) < 4.78 is 44.6. The normalized spacial score (nSPS) is 11.9. The average Bonchev–Trinajstić information content (AvgIpc) is 2.73. The Labute approximate surface area is 175 Å². The Bertz CT molecular complexity index is 1030. The molecule has 0 aliphatic rings. The van der Waals surface area contributed by atoms with Crippen molar-refractivity contribution in [3.63, 3.8) is 0 Å². The van der Waals surface area contributed by atoms with Gasteiger partial charge in [-0.15, -0.1) is 0 Å². The van der Waals surface area contributed by atoms with Crippen molar-refractivity contribution in [3.8, 4) is 0 Å². The molecule has 0 heterocycles. The number of nitrogens with two attached hydrogens (primary N) is 1. The first-order chi connectivity index (χ1) is 14.6. The van der Waals surface area contributed by atoms with E-state index >= 15 is 0 Å². The van der Waals surface area contributed by atoms with E-state index in [4.69, 9.17) is 15.6 Å². The van der Waals surface area contributed by atoms with Crippen molar-refractivity contribution in [1.82, 2.24) is 5.32 Å². The lowest BCUT2D eigenvalue weighted by Crippen LogP contribution is -2.41. The standard InChI is InChI=1S/C20H19FN2O.C2HF3O2/c21-17-10-8-14(9-11-17)12-19(22)20(24)23-13-16-6-3-5-15-4-1-2-7-18(15)16;3-2(4,5)1(6)7/h1-11,19H,12-13,22H2,(H,23,24);(H,6,7)/t19-;/m0./s1. The molecule has 0 unspecified atom stereocenters. The van der Waals surface area contributed by atoms with Gasteiger partial charge < -0.3 is 16.2 Å². The van der Waals surface area contributed by atoms with Crippen LogP contribution in [0.1, 0.15) is 11.1 Å². The van der Waals surface area contributed by atoms with Gasteiger partial charge in [-0.05, 0) is 40.5 Å². The van der Waals surface area contributed by atoms with Crippen LogP contribution in [-0.2, 0) is 22.6 Å². The Hall–Kier alpha value is -3.46. The molecular formula is C22H20F4N2O3. The summed E-state index contributed by atoms with van der Waals surface area (Å²) in [6, 6.07) is 19.4. The molecule has 3 aromatic carbocycles. The number of benzene rings is 3. The van der Waals surface area contributed by atoms with Crippen molar-refractivity contribution < 1.29 is 32.3 Å². The monoisotopic (exact) mass is 436 g/mol. The second kappa shape index (κ2) is 10.5. The summed E-state index contributed by atoms with van der Waals surface area (Å²) in [5.41, 5.74) is 7.85. The van der Waals surface area contributed by atoms with Gasteiger partial charge >= 0.3 is 12.1 Å². The van der Waals surface area contributed by atoms with Crippen LogP contribution in [0.3, 0.4) is 0 Å². The summed E-state index contributed by atoms with van der Waals surface area (Å²) in [6.07, 6.45) is -4.71. The quantitative estimate of drug-likeness (QED) is 0.531. The lowest BCUT2D eigenvalue weighted by molar-refractivity contribution is -0.192. The zero-order valence-corrected chi connectivity index (χ0v) is 16.2. The molecule has 3 aromatic rings. The van der Waals surface area contributed by atoms with Crippen molar-refractivity contribution >= 4 is 22.6 Å². The second-order valence-corrected chi connectivity index (χ2v) is 6.60. The van der Waals surface area contributed by atoms with Crippen molar-refractivity contribution in [2.24, 2.45) is 5.73 Å². The molecule has 0 radical (unpaired) electrons. The zero-order valence-electron chi connectivity index (χ0n) is 16.2. The smallest absolute Gasteiger partial charge is 0.475 e. The number of rotatable bonds is 5. The Kier molecular flexibility index (Phi) is 8.09. The van der Waals surface area contributed by atoms with E-state index in [1.807, 2.05) is 42.5 Å². The van der Waals surface area contributed by atoms with Gasteiger partial charge in [0.15, 0.2) is 0 Å². The molecule has 0 spiro atoms. The number of hydrogen-bond donors (Lipinski definition) is 3. The molecule has 0 aromatic heterocycles. The summed E-state index contributed by atoms with van der Waals surface area (Å²) in [4.78, 5) is 21.1. The van der Waals surface area contributed by atoms with E-state index in [0.29, 0.717) is 13.0 Å². The highest BCUT2D eigenvalue weighted by atomic mass is 19.4. The summed E-state index contributed by atoms with van der Waals surface area (Å²) in [7, 11) is 0. The minimum atomic E-state index is -5.08. The lowest BCUT2D eigenvalue weighted by atomic mass is 10.0. The number of carbonyl (C=O) groups is 2. The minimum absolute atomic E-state index is 0.216. The van der Waals surface area contributed by atoms with Crippen LogP contribution in [0.2, 0.25) is 0 Å². The molecule has 31 heavy (non-hydrogen) atoms. The summed E-state index contributed by atoms with van der Waals surface area (Å²) >= 11 is 0. The lowest BCUT2D eigenvalue weighted by Gasteiger charge is -2.13. The van der Waals surface area contributed by atoms with Crippen LogP contribution in [0.5, 0.6) is 0 Å². The molecule has 0 fully saturated rings. The van der Waals surface area contributed by atoms with E-state index in [1.165, 1.54) is 12.1 Å². The van der Waals surface area contributed by atoms with Gasteiger partial charge in [-0.25, -0.2) is 9.18 Å². The van der Waals surface area contributed by atoms with Gasteiger partial charge in [-0.2, -0.15) is 13.2 Å². The third-order valence-electron chi connectivity index (χ3n) is 4.28. The van der Waals surface area contributed by atoms with Crippen LogP contribution in [0.4, 0.5) is 17.6 Å². The predicted molar refractivity (Wildman–Crippen MR) is 108 cm³/mol. The van der Waals surface area contributed by atoms with E-state index < -0.39 is 18.2 Å². The largest absolute Gasteiger partial charge is 0.490 e. The molecular weight excluding hydrogens is 416 g/mol. The fourth-order valence-corrected chi connectivity index (χ4v) is 2.73. The van der Waals surface area contributed by atoms with Gasteiger partial charge in [0.2, 0.25) is 5.91 Å². The summed E-state index contributed by atoms with van der Waals surface area (Å²) in [5.74, 6) is -3.27. The Morgan fingerprint density at radius 1 is 0.968 bits per heavy atom. The van der Waals surface area contributed by atoms with E-state index in [9.17, 15) is 22.4 Å². The highest BCUT2D eigenvalue weighted by molar-refractivity contribution is 5.87. The number of nitrogens with one attached hydrogen (secondary N) is 1. The van der Waals surface area contributed by atoms with E-state index in [2.05, 4.69) is 5.32 Å². The second-order valence-electron chi connectivity index (χ2n) is 6.60. The number of aliphatic carboxylic acids is 1. The van der Waals surface area contributed by atoms with E-state index in [-0.39, 0.29) is 11.7 Å². The Morgan fingerprint density at radius 2 is 1.55 bits per heavy atom. The third-order valence-corrected chi connectivity index (χ3v) is 4.28. The summed E-state index contributed by atoms with van der Waals surface area (Å²) in [5, 5.41) is 12.3. The molecule has 4 N–H and O–H groups in total. The van der Waals surface area contributed by atoms with E-state index in [0.717, 1.165) is 21.9 Å². The van der Waals surface area contributed by atoms with Gasteiger partial charge in [0.05, 0.1) is 6.04 Å². The maximum absolute atomic E-state index is 12.9. The molecule has 0 saturated carbocycles. The average molecular weight is 436 g/mol. The van der Waals surface area contributed by atoms with Crippen LogP contribution >= 0.6 is 0 Å². The van der Waals surface area contributed by atoms with Gasteiger partial charge in [0, 0.05) is 6.54 Å². The molecule has 0 aliphatic heterocycles. The first kappa shape index (κ1) is 23.8. The maximum atomic E-state index is 12.9. The molecule has 1 amide bonds. The molecule has 164 valence electrons. The predicted octanol–water partition coefficient (Wildman–Crippen LogP) is 3.80. The maximum Gasteiger partial charge on any atom is 0.490 e. The van der Waals surface area contributed by atoms with Crippen molar-refractivity contribution in [3.05, 3.63) is 83.7 Å². The number of fused-ring (bicyclic) bond motifs is 1. The van der Waals surface area contributed by atoms with Crippen molar-refractivity contribution in [2.45, 2.75) is 25.2 Å². The number of alkyl halides is 3. The van der Waals surface area contributed by atoms with Gasteiger partial charge in [0.25, 0.3) is 0 Å². The van der Waals surface area contributed by atoms with E-state index in [1.54, 1.807) is 12.1 Å². The molecule has 3 rings (SSSR count). The molecule has 5 nitrogen and oxygen atoms in total. The number of amides is 1. The fourth-order valence-electron chi connectivity index (χ4n) is 2.73. The van der Waals surface area contributed by atoms with Crippen LogP contribution in [0.25, 0.3) is 10.8 Å². The SMILES string of the molecule is N[C@@H](Cc1ccc(F)cc1)C(=O)NCc1cccc2ccccc12.O=C(O)C(F)(F)F. The molecule has 0 aliphatic carbocycles. The Balaban J connectivity index is 0.000000423. The highest BCUT2D eigenvalue weighted by Crippen LogP contribution is 2.18. The van der Waals surface area contributed by atoms with Crippen LogP contribution in [0, 0.1) is 5.82 Å². The molecule has 1 atom stereocenters. The third kappa shape index (κ3) is 7.38. The Morgan fingerprint density at radius 3 is 2.16 bits per heavy atom. The van der Waals surface area contributed by atoms with Crippen LogP contribution in [0.15, 0.2) is 66.7 Å². The van der Waals surface area contributed by atoms with Gasteiger partial charge in [0.1, 0.15) is 5.82 Å². The van der Waals surface area contributed by atoms with Crippen molar-refractivity contribution in [2.75, 3.05) is 0 Å². The number of hydrogen-bond acceptors (Lipinski definition) is 3. The number of carboxylic acids is 1. The number of halogens is 4. The zero-order chi connectivity index (χ0) is 23.0. The summed E-state index contributed by atoms with van der Waals surface area (Å²) in [6.45, 7) is 0.428. The number of carbonyl (C=O) groups excluding carboxylic acids is 1. The minimum Gasteiger partial charge on any atom is -0.475 e. The van der Waals surface area contributed by atoms with Crippen molar-refractivity contribution in [1.29, 1.82) is 0 Å². The fraction of sp³-hybridized carbons (Fsp3) is 0.182. The highest BCUT2D eigenvalue weighted by Gasteiger charge is 2.38. The molecule has 0 saturated heterocycles.